The van der Waals surface area contributed by atoms with E-state index >= 15 is 0 Å². The Morgan fingerprint density at radius 1 is 1.69 bits per heavy atom. The van der Waals surface area contributed by atoms with Crippen molar-refractivity contribution >= 4 is 5.82 Å². The number of aromatic nitrogens is 2. The van der Waals surface area contributed by atoms with Gasteiger partial charge in [0, 0.05) is 25.4 Å². The predicted octanol–water partition coefficient (Wildman–Crippen LogP) is 0.595. The summed E-state index contributed by atoms with van der Waals surface area (Å²) >= 11 is 0. The number of terminal acetylenes is 1. The van der Waals surface area contributed by atoms with Gasteiger partial charge in [0.15, 0.2) is 5.82 Å². The average Bonchev–Trinajstić information content (AvgIpc) is 2.15. The molecule has 0 atom stereocenters. The van der Waals surface area contributed by atoms with E-state index in [1.807, 2.05) is 0 Å². The Morgan fingerprint density at radius 2 is 2.54 bits per heavy atom. The van der Waals surface area contributed by atoms with E-state index in [1.54, 1.807) is 0 Å². The van der Waals surface area contributed by atoms with Crippen LogP contribution in [0.15, 0.2) is 17.2 Å². The molecule has 1 heterocycles. The zero-order valence-electron chi connectivity index (χ0n) is 7.21. The highest BCUT2D eigenvalue weighted by molar-refractivity contribution is 5.29. The topological polar surface area (TPSA) is 57.8 Å². The second-order valence-electron chi connectivity index (χ2n) is 2.50. The summed E-state index contributed by atoms with van der Waals surface area (Å²) in [5.74, 6) is 2.87. The maximum Gasteiger partial charge on any atom is 0.290 e. The van der Waals surface area contributed by atoms with Gasteiger partial charge < -0.3 is 10.3 Å². The van der Waals surface area contributed by atoms with Crippen LogP contribution in [-0.4, -0.2) is 16.5 Å². The Labute approximate surface area is 76.4 Å². The van der Waals surface area contributed by atoms with Crippen LogP contribution >= 0.6 is 0 Å². The van der Waals surface area contributed by atoms with Gasteiger partial charge in [-0.05, 0) is 6.42 Å². The molecule has 0 aromatic carbocycles. The van der Waals surface area contributed by atoms with E-state index in [0.29, 0.717) is 18.8 Å². The van der Waals surface area contributed by atoms with Crippen molar-refractivity contribution in [2.24, 2.45) is 0 Å². The van der Waals surface area contributed by atoms with Gasteiger partial charge in [0.25, 0.3) is 5.56 Å². The Hall–Kier alpha value is -1.76. The first-order valence-corrected chi connectivity index (χ1v) is 4.05. The molecule has 0 unspecified atom stereocenters. The van der Waals surface area contributed by atoms with Gasteiger partial charge in [-0.3, -0.25) is 4.79 Å². The number of nitrogens with zero attached hydrogens (tertiary/aromatic N) is 1. The first-order valence-electron chi connectivity index (χ1n) is 4.05. The molecule has 1 aromatic heterocycles. The van der Waals surface area contributed by atoms with Crippen LogP contribution in [-0.2, 0) is 0 Å². The molecule has 0 fully saturated rings. The molecule has 0 radical (unpaired) electrons. The van der Waals surface area contributed by atoms with Crippen molar-refractivity contribution < 1.29 is 0 Å². The van der Waals surface area contributed by atoms with Gasteiger partial charge >= 0.3 is 0 Å². The van der Waals surface area contributed by atoms with Crippen molar-refractivity contribution in [3.8, 4) is 12.3 Å². The Morgan fingerprint density at radius 3 is 3.23 bits per heavy atom. The smallest absolute Gasteiger partial charge is 0.290 e. The standard InChI is InChI=1S/C9H11N3O/c1-2-3-4-5-10-8-9(13)12-7-6-11-8/h1,6-7H,3-5H2,(H,10,11)(H,12,13). The number of hydrogen-bond donors (Lipinski definition) is 2. The van der Waals surface area contributed by atoms with Crippen LogP contribution in [0.3, 0.4) is 0 Å². The number of nitrogens with one attached hydrogen (secondary N) is 2. The van der Waals surface area contributed by atoms with Crippen LogP contribution in [0.4, 0.5) is 5.82 Å². The summed E-state index contributed by atoms with van der Waals surface area (Å²) in [6.07, 6.45) is 9.65. The number of rotatable bonds is 4. The molecule has 4 nitrogen and oxygen atoms in total. The molecule has 0 aliphatic heterocycles. The normalized spacial score (nSPS) is 9.15. The summed E-state index contributed by atoms with van der Waals surface area (Å²) in [6, 6.07) is 0. The van der Waals surface area contributed by atoms with Crippen molar-refractivity contribution in [3.63, 3.8) is 0 Å². The number of aromatic amines is 1. The van der Waals surface area contributed by atoms with Gasteiger partial charge in [0.1, 0.15) is 0 Å². The van der Waals surface area contributed by atoms with E-state index in [4.69, 9.17) is 6.42 Å². The molecular formula is C9H11N3O. The highest BCUT2D eigenvalue weighted by Crippen LogP contribution is 1.91. The van der Waals surface area contributed by atoms with Gasteiger partial charge in [-0.15, -0.1) is 12.3 Å². The number of unbranched alkanes of at least 4 members (excludes halogenated alkanes) is 1. The maximum atomic E-state index is 11.1. The van der Waals surface area contributed by atoms with Crippen molar-refractivity contribution in [3.05, 3.63) is 22.7 Å². The summed E-state index contributed by atoms with van der Waals surface area (Å²) in [5, 5.41) is 2.90. The van der Waals surface area contributed by atoms with Crippen LogP contribution in [0.25, 0.3) is 0 Å². The number of anilines is 1. The van der Waals surface area contributed by atoms with Gasteiger partial charge in [0.2, 0.25) is 0 Å². The third-order valence-corrected chi connectivity index (χ3v) is 1.50. The molecule has 13 heavy (non-hydrogen) atoms. The fourth-order valence-corrected chi connectivity index (χ4v) is 0.875. The molecule has 0 amide bonds. The van der Waals surface area contributed by atoms with Gasteiger partial charge in [0.05, 0.1) is 0 Å². The van der Waals surface area contributed by atoms with E-state index in [0.717, 1.165) is 6.42 Å². The van der Waals surface area contributed by atoms with Crippen molar-refractivity contribution in [2.75, 3.05) is 11.9 Å². The first kappa shape index (κ1) is 9.33. The lowest BCUT2D eigenvalue weighted by Crippen LogP contribution is -2.15. The summed E-state index contributed by atoms with van der Waals surface area (Å²) in [6.45, 7) is 0.671. The van der Waals surface area contributed by atoms with Gasteiger partial charge in [-0.2, -0.15) is 0 Å². The lowest BCUT2D eigenvalue weighted by atomic mass is 10.3. The summed E-state index contributed by atoms with van der Waals surface area (Å²) in [7, 11) is 0. The molecule has 0 aliphatic rings. The second-order valence-corrected chi connectivity index (χ2v) is 2.50. The second kappa shape index (κ2) is 4.99. The Balaban J connectivity index is 2.42. The Kier molecular flexibility index (Phi) is 3.58. The molecule has 0 spiro atoms. The van der Waals surface area contributed by atoms with E-state index in [-0.39, 0.29) is 5.56 Å². The molecule has 2 N–H and O–H groups in total. The van der Waals surface area contributed by atoms with Gasteiger partial charge in [-0.1, -0.05) is 0 Å². The zero-order chi connectivity index (χ0) is 9.52. The molecule has 68 valence electrons. The average molecular weight is 177 g/mol. The molecule has 0 saturated carbocycles. The number of H-pyrrole nitrogens is 1. The zero-order valence-corrected chi connectivity index (χ0v) is 7.21. The minimum atomic E-state index is -0.205. The first-order chi connectivity index (χ1) is 6.34. The van der Waals surface area contributed by atoms with Crippen molar-refractivity contribution in [1.29, 1.82) is 0 Å². The Bertz CT molecular complexity index is 350. The number of hydrogen-bond acceptors (Lipinski definition) is 3. The quantitative estimate of drug-likeness (QED) is 0.523. The lowest BCUT2D eigenvalue weighted by molar-refractivity contribution is 0.896. The van der Waals surface area contributed by atoms with E-state index in [9.17, 15) is 4.79 Å². The highest BCUT2D eigenvalue weighted by atomic mass is 16.1. The van der Waals surface area contributed by atoms with Crippen molar-refractivity contribution in [1.82, 2.24) is 9.97 Å². The van der Waals surface area contributed by atoms with E-state index in [2.05, 4.69) is 21.2 Å². The molecule has 0 aliphatic carbocycles. The molecule has 1 rings (SSSR count). The van der Waals surface area contributed by atoms with E-state index < -0.39 is 0 Å². The van der Waals surface area contributed by atoms with Crippen molar-refractivity contribution in [2.45, 2.75) is 12.8 Å². The predicted molar refractivity (Wildman–Crippen MR) is 51.4 cm³/mol. The summed E-state index contributed by atoms with van der Waals surface area (Å²) in [5.41, 5.74) is -0.205. The minimum absolute atomic E-state index is 0.205. The summed E-state index contributed by atoms with van der Waals surface area (Å²) in [4.78, 5) is 17.5. The molecule has 0 bridgehead atoms. The molecular weight excluding hydrogens is 166 g/mol. The van der Waals surface area contributed by atoms with E-state index in [1.165, 1.54) is 12.4 Å². The highest BCUT2D eigenvalue weighted by Gasteiger charge is 1.96. The largest absolute Gasteiger partial charge is 0.365 e. The van der Waals surface area contributed by atoms with Crippen LogP contribution in [0.2, 0.25) is 0 Å². The fourth-order valence-electron chi connectivity index (χ4n) is 0.875. The SMILES string of the molecule is C#CCCCNc1ncc[nH]c1=O. The maximum absolute atomic E-state index is 11.1. The van der Waals surface area contributed by atoms with Crippen LogP contribution in [0, 0.1) is 12.3 Å². The monoisotopic (exact) mass is 177 g/mol. The van der Waals surface area contributed by atoms with Gasteiger partial charge in [-0.25, -0.2) is 4.98 Å². The van der Waals surface area contributed by atoms with Crippen LogP contribution in [0.1, 0.15) is 12.8 Å². The molecule has 4 heteroatoms. The molecule has 1 aromatic rings. The minimum Gasteiger partial charge on any atom is -0.365 e. The van der Waals surface area contributed by atoms with Crippen LogP contribution < -0.4 is 10.9 Å². The third-order valence-electron chi connectivity index (χ3n) is 1.50. The fraction of sp³-hybridized carbons (Fsp3) is 0.333. The van der Waals surface area contributed by atoms with Crippen LogP contribution in [0.5, 0.6) is 0 Å². The lowest BCUT2D eigenvalue weighted by Gasteiger charge is -2.00. The third kappa shape index (κ3) is 2.99. The molecule has 0 saturated heterocycles. The summed E-state index contributed by atoms with van der Waals surface area (Å²) < 4.78 is 0.